The van der Waals surface area contributed by atoms with Crippen LogP contribution in [0.3, 0.4) is 0 Å². The fraction of sp³-hybridized carbons (Fsp3) is 0.111. The van der Waals surface area contributed by atoms with Crippen molar-refractivity contribution in [3.05, 3.63) is 72.0 Å². The van der Waals surface area contributed by atoms with Crippen LogP contribution in [0, 0.1) is 5.82 Å². The summed E-state index contributed by atoms with van der Waals surface area (Å²) in [6, 6.07) is 18.5. The van der Waals surface area contributed by atoms with Crippen LogP contribution < -0.4 is 10.5 Å². The van der Waals surface area contributed by atoms with Gasteiger partial charge in [0.25, 0.3) is 0 Å². The molecule has 3 rings (SSSR count). The van der Waals surface area contributed by atoms with Crippen molar-refractivity contribution < 1.29 is 9.13 Å². The predicted octanol–water partition coefficient (Wildman–Crippen LogP) is 4.27. The molecule has 0 amide bonds. The second-order valence-electron chi connectivity index (χ2n) is 4.90. The van der Waals surface area contributed by atoms with Crippen molar-refractivity contribution in [1.29, 1.82) is 0 Å². The van der Waals surface area contributed by atoms with E-state index in [1.807, 2.05) is 36.4 Å². The maximum atomic E-state index is 13.3. The molecule has 0 aliphatic rings. The van der Waals surface area contributed by atoms with Crippen LogP contribution >= 0.6 is 0 Å². The molecular formula is C18H16FNO. The first-order valence-electron chi connectivity index (χ1n) is 6.91. The van der Waals surface area contributed by atoms with E-state index < -0.39 is 0 Å². The van der Waals surface area contributed by atoms with Crippen LogP contribution in [0.1, 0.15) is 5.56 Å². The Hall–Kier alpha value is -2.39. The fourth-order valence-corrected chi connectivity index (χ4v) is 2.36. The van der Waals surface area contributed by atoms with Gasteiger partial charge in [0.05, 0.1) is 0 Å². The maximum absolute atomic E-state index is 13.3. The van der Waals surface area contributed by atoms with Crippen molar-refractivity contribution in [3.8, 4) is 11.5 Å². The smallest absolute Gasteiger partial charge is 0.130 e. The Kier molecular flexibility index (Phi) is 3.84. The molecule has 2 N–H and O–H groups in total. The molecule has 21 heavy (non-hydrogen) atoms. The van der Waals surface area contributed by atoms with Crippen LogP contribution in [0.5, 0.6) is 11.5 Å². The molecule has 0 radical (unpaired) electrons. The summed E-state index contributed by atoms with van der Waals surface area (Å²) >= 11 is 0. The Labute approximate surface area is 123 Å². The summed E-state index contributed by atoms with van der Waals surface area (Å²) in [6.45, 7) is 0.456. The van der Waals surface area contributed by atoms with E-state index in [9.17, 15) is 4.39 Å². The van der Waals surface area contributed by atoms with Gasteiger partial charge in [-0.05, 0) is 59.6 Å². The molecule has 0 aliphatic heterocycles. The molecule has 0 unspecified atom stereocenters. The monoisotopic (exact) mass is 281 g/mol. The molecule has 0 saturated carbocycles. The van der Waals surface area contributed by atoms with Crippen molar-refractivity contribution in [3.63, 3.8) is 0 Å². The lowest BCUT2D eigenvalue weighted by molar-refractivity contribution is 0.474. The van der Waals surface area contributed by atoms with Crippen molar-refractivity contribution in [2.75, 3.05) is 6.54 Å². The van der Waals surface area contributed by atoms with Crippen LogP contribution in [-0.2, 0) is 6.42 Å². The molecule has 106 valence electrons. The molecule has 3 heteroatoms. The third kappa shape index (κ3) is 3.03. The van der Waals surface area contributed by atoms with Crippen molar-refractivity contribution in [2.24, 2.45) is 5.73 Å². The molecule has 0 aliphatic carbocycles. The maximum Gasteiger partial charge on any atom is 0.130 e. The molecular weight excluding hydrogens is 265 g/mol. The number of benzene rings is 3. The highest BCUT2D eigenvalue weighted by molar-refractivity contribution is 5.83. The molecule has 2 nitrogen and oxygen atoms in total. The minimum absolute atomic E-state index is 0.274. The topological polar surface area (TPSA) is 35.2 Å². The number of rotatable bonds is 4. The fourth-order valence-electron chi connectivity index (χ4n) is 2.36. The largest absolute Gasteiger partial charge is 0.457 e. The predicted molar refractivity (Wildman–Crippen MR) is 83.2 cm³/mol. The van der Waals surface area contributed by atoms with Gasteiger partial charge in [0.1, 0.15) is 17.3 Å². The molecule has 0 aromatic heterocycles. The zero-order chi connectivity index (χ0) is 14.7. The van der Waals surface area contributed by atoms with Crippen molar-refractivity contribution in [2.45, 2.75) is 6.42 Å². The van der Waals surface area contributed by atoms with E-state index in [1.165, 1.54) is 12.1 Å². The van der Waals surface area contributed by atoms with E-state index >= 15 is 0 Å². The molecule has 3 aromatic rings. The highest BCUT2D eigenvalue weighted by Gasteiger charge is 2.07. The Morgan fingerprint density at radius 1 is 0.905 bits per heavy atom. The van der Waals surface area contributed by atoms with Gasteiger partial charge in [0, 0.05) is 0 Å². The van der Waals surface area contributed by atoms with E-state index in [-0.39, 0.29) is 5.82 Å². The quantitative estimate of drug-likeness (QED) is 0.775. The van der Waals surface area contributed by atoms with Gasteiger partial charge in [-0.25, -0.2) is 4.39 Å². The molecule has 0 heterocycles. The Bertz CT molecular complexity index is 770. The minimum atomic E-state index is -0.274. The zero-order valence-electron chi connectivity index (χ0n) is 11.6. The van der Waals surface area contributed by atoms with Gasteiger partial charge in [-0.3, -0.25) is 0 Å². The SMILES string of the molecule is NCCc1cc(F)ccc1Oc1ccc2ccccc2c1. The number of fused-ring (bicyclic) bond motifs is 1. The lowest BCUT2D eigenvalue weighted by atomic mass is 10.1. The van der Waals surface area contributed by atoms with Gasteiger partial charge in [0.2, 0.25) is 0 Å². The number of ether oxygens (including phenoxy) is 1. The zero-order valence-corrected chi connectivity index (χ0v) is 11.6. The molecule has 3 aromatic carbocycles. The van der Waals surface area contributed by atoms with Gasteiger partial charge in [-0.15, -0.1) is 0 Å². The van der Waals surface area contributed by atoms with Crippen LogP contribution in [0.4, 0.5) is 4.39 Å². The number of hydrogen-bond donors (Lipinski definition) is 1. The van der Waals surface area contributed by atoms with Crippen LogP contribution in [0.25, 0.3) is 10.8 Å². The third-order valence-electron chi connectivity index (χ3n) is 3.38. The van der Waals surface area contributed by atoms with E-state index in [0.29, 0.717) is 18.7 Å². The molecule has 0 fully saturated rings. The first-order chi connectivity index (χ1) is 10.3. The summed E-state index contributed by atoms with van der Waals surface area (Å²) in [6.07, 6.45) is 0.584. The average molecular weight is 281 g/mol. The second-order valence-corrected chi connectivity index (χ2v) is 4.90. The summed E-state index contributed by atoms with van der Waals surface area (Å²) in [4.78, 5) is 0. The van der Waals surface area contributed by atoms with E-state index in [4.69, 9.17) is 10.5 Å². The summed E-state index contributed by atoms with van der Waals surface area (Å²) in [5, 5.41) is 2.27. The summed E-state index contributed by atoms with van der Waals surface area (Å²) in [5.74, 6) is 1.11. The van der Waals surface area contributed by atoms with Gasteiger partial charge in [-0.2, -0.15) is 0 Å². The average Bonchev–Trinajstić information content (AvgIpc) is 2.50. The number of nitrogens with two attached hydrogens (primary N) is 1. The van der Waals surface area contributed by atoms with Crippen LogP contribution in [-0.4, -0.2) is 6.54 Å². The van der Waals surface area contributed by atoms with E-state index in [0.717, 1.165) is 22.1 Å². The van der Waals surface area contributed by atoms with Gasteiger partial charge >= 0.3 is 0 Å². The van der Waals surface area contributed by atoms with Crippen LogP contribution in [0.2, 0.25) is 0 Å². The second kappa shape index (κ2) is 5.94. The molecule has 0 bridgehead atoms. The Morgan fingerprint density at radius 3 is 2.52 bits per heavy atom. The summed E-state index contributed by atoms with van der Waals surface area (Å²) in [7, 11) is 0. The lowest BCUT2D eigenvalue weighted by Crippen LogP contribution is -2.04. The van der Waals surface area contributed by atoms with Crippen molar-refractivity contribution >= 4 is 10.8 Å². The minimum Gasteiger partial charge on any atom is -0.457 e. The third-order valence-corrected chi connectivity index (χ3v) is 3.38. The first kappa shape index (κ1) is 13.6. The highest BCUT2D eigenvalue weighted by atomic mass is 19.1. The van der Waals surface area contributed by atoms with Crippen LogP contribution in [0.15, 0.2) is 60.7 Å². The highest BCUT2D eigenvalue weighted by Crippen LogP contribution is 2.28. The van der Waals surface area contributed by atoms with Gasteiger partial charge < -0.3 is 10.5 Å². The summed E-state index contributed by atoms with van der Waals surface area (Å²) in [5.41, 5.74) is 6.35. The molecule has 0 saturated heterocycles. The standard InChI is InChI=1S/C18H16FNO/c19-16-6-8-18(15(11-16)9-10-20)21-17-7-5-13-3-1-2-4-14(13)12-17/h1-8,11-12H,9-10,20H2. The Balaban J connectivity index is 1.94. The van der Waals surface area contributed by atoms with E-state index in [2.05, 4.69) is 6.07 Å². The van der Waals surface area contributed by atoms with Crippen molar-refractivity contribution in [1.82, 2.24) is 0 Å². The summed E-state index contributed by atoms with van der Waals surface area (Å²) < 4.78 is 19.2. The normalized spacial score (nSPS) is 10.8. The van der Waals surface area contributed by atoms with Gasteiger partial charge in [-0.1, -0.05) is 30.3 Å². The lowest BCUT2D eigenvalue weighted by Gasteiger charge is -2.11. The van der Waals surface area contributed by atoms with E-state index in [1.54, 1.807) is 6.07 Å². The molecule has 0 atom stereocenters. The van der Waals surface area contributed by atoms with Gasteiger partial charge in [0.15, 0.2) is 0 Å². The molecule has 0 spiro atoms. The Morgan fingerprint density at radius 2 is 1.71 bits per heavy atom. The number of halogens is 1. The first-order valence-corrected chi connectivity index (χ1v) is 6.91. The number of hydrogen-bond acceptors (Lipinski definition) is 2.